The lowest BCUT2D eigenvalue weighted by molar-refractivity contribution is 0.0859. The summed E-state index contributed by atoms with van der Waals surface area (Å²) >= 11 is 0. The Balaban J connectivity index is 1.67. The van der Waals surface area contributed by atoms with Crippen LogP contribution in [-0.4, -0.2) is 39.7 Å². The molecular formula is C22H20FN5O2. The molecule has 1 aliphatic heterocycles. The van der Waals surface area contributed by atoms with Crippen molar-refractivity contribution in [3.63, 3.8) is 0 Å². The van der Waals surface area contributed by atoms with E-state index >= 15 is 0 Å². The van der Waals surface area contributed by atoms with Crippen molar-refractivity contribution in [2.24, 2.45) is 0 Å². The maximum absolute atomic E-state index is 13.9. The first-order valence-electron chi connectivity index (χ1n) is 9.84. The summed E-state index contributed by atoms with van der Waals surface area (Å²) in [6.45, 7) is 1.10. The van der Waals surface area contributed by atoms with E-state index in [1.165, 1.54) is 12.1 Å². The molecule has 0 bridgehead atoms. The monoisotopic (exact) mass is 405 g/mol. The van der Waals surface area contributed by atoms with E-state index < -0.39 is 5.82 Å². The summed E-state index contributed by atoms with van der Waals surface area (Å²) < 4.78 is 21.1. The van der Waals surface area contributed by atoms with E-state index in [1.807, 2.05) is 24.3 Å². The van der Waals surface area contributed by atoms with Gasteiger partial charge < -0.3 is 15.8 Å². The molecule has 2 aromatic heterocycles. The molecule has 8 heteroatoms. The number of amides is 1. The minimum atomic E-state index is -0.410. The first-order chi connectivity index (χ1) is 14.6. The zero-order chi connectivity index (χ0) is 20.7. The zero-order valence-corrected chi connectivity index (χ0v) is 16.1. The van der Waals surface area contributed by atoms with Gasteiger partial charge in [0.25, 0.3) is 5.91 Å². The standard InChI is InChI=1S/C22H20FN5O2/c23-13-5-3-6-14(11-13)28-20(24)18(22(29)25-12-15-7-4-10-30-15)19-21(28)27-17-9-2-1-8-16(17)26-19/h1-3,5-6,8-9,11,15H,4,7,10,12,24H2,(H,25,29). The number of hydrogen-bond donors (Lipinski definition) is 2. The van der Waals surface area contributed by atoms with Gasteiger partial charge in [-0.3, -0.25) is 9.36 Å². The highest BCUT2D eigenvalue weighted by Gasteiger charge is 2.26. The Bertz CT molecular complexity index is 1260. The summed E-state index contributed by atoms with van der Waals surface area (Å²) in [4.78, 5) is 22.4. The number of benzene rings is 2. The van der Waals surface area contributed by atoms with Gasteiger partial charge in [-0.05, 0) is 43.2 Å². The van der Waals surface area contributed by atoms with E-state index in [1.54, 1.807) is 16.7 Å². The molecule has 1 atom stereocenters. The molecule has 4 aromatic rings. The van der Waals surface area contributed by atoms with Crippen LogP contribution in [0.2, 0.25) is 0 Å². The number of carbonyl (C=O) groups is 1. The van der Waals surface area contributed by atoms with Crippen LogP contribution < -0.4 is 11.1 Å². The second-order valence-corrected chi connectivity index (χ2v) is 7.31. The Morgan fingerprint density at radius 1 is 1.20 bits per heavy atom. The van der Waals surface area contributed by atoms with Crippen LogP contribution in [0.5, 0.6) is 0 Å². The van der Waals surface area contributed by atoms with Crippen molar-refractivity contribution >= 4 is 33.9 Å². The molecule has 0 spiro atoms. The van der Waals surface area contributed by atoms with Gasteiger partial charge in [0.05, 0.1) is 22.8 Å². The molecule has 3 heterocycles. The molecule has 30 heavy (non-hydrogen) atoms. The highest BCUT2D eigenvalue weighted by Crippen LogP contribution is 2.31. The molecule has 0 radical (unpaired) electrons. The van der Waals surface area contributed by atoms with Crippen LogP contribution in [0.15, 0.2) is 48.5 Å². The number of fused-ring (bicyclic) bond motifs is 2. The van der Waals surface area contributed by atoms with E-state index in [0.717, 1.165) is 12.8 Å². The third-order valence-corrected chi connectivity index (χ3v) is 5.31. The average Bonchev–Trinajstić information content (AvgIpc) is 3.35. The van der Waals surface area contributed by atoms with Crippen LogP contribution in [0.4, 0.5) is 10.2 Å². The van der Waals surface area contributed by atoms with Crippen LogP contribution >= 0.6 is 0 Å². The molecule has 1 unspecified atom stereocenters. The molecule has 152 valence electrons. The van der Waals surface area contributed by atoms with E-state index in [4.69, 9.17) is 10.5 Å². The quantitative estimate of drug-likeness (QED) is 0.544. The summed E-state index contributed by atoms with van der Waals surface area (Å²) in [5, 5.41) is 2.90. The third kappa shape index (κ3) is 3.15. The van der Waals surface area contributed by atoms with Gasteiger partial charge in [-0.25, -0.2) is 14.4 Å². The van der Waals surface area contributed by atoms with Gasteiger partial charge in [0.15, 0.2) is 5.65 Å². The first-order valence-corrected chi connectivity index (χ1v) is 9.84. The van der Waals surface area contributed by atoms with Crippen molar-refractivity contribution in [3.05, 3.63) is 59.9 Å². The fourth-order valence-electron chi connectivity index (χ4n) is 3.86. The molecule has 1 aliphatic rings. The molecule has 1 amide bonds. The number of hydrogen-bond acceptors (Lipinski definition) is 5. The molecule has 7 nitrogen and oxygen atoms in total. The maximum atomic E-state index is 13.9. The van der Waals surface area contributed by atoms with Gasteiger partial charge >= 0.3 is 0 Å². The highest BCUT2D eigenvalue weighted by atomic mass is 19.1. The molecule has 3 N–H and O–H groups in total. The van der Waals surface area contributed by atoms with Gasteiger partial charge in [0, 0.05) is 13.2 Å². The minimum absolute atomic E-state index is 0.00124. The maximum Gasteiger partial charge on any atom is 0.257 e. The third-order valence-electron chi connectivity index (χ3n) is 5.31. The lowest BCUT2D eigenvalue weighted by atomic mass is 10.2. The topological polar surface area (TPSA) is 95.1 Å². The van der Waals surface area contributed by atoms with E-state index in [-0.39, 0.29) is 23.4 Å². The van der Waals surface area contributed by atoms with Gasteiger partial charge in [0.2, 0.25) is 0 Å². The second kappa shape index (κ2) is 7.38. The molecule has 1 fully saturated rings. The van der Waals surface area contributed by atoms with Crippen molar-refractivity contribution in [2.75, 3.05) is 18.9 Å². The normalized spacial score (nSPS) is 16.4. The number of nitrogen functional groups attached to an aromatic ring is 1. The zero-order valence-electron chi connectivity index (χ0n) is 16.1. The molecule has 0 saturated carbocycles. The average molecular weight is 405 g/mol. The number of anilines is 1. The van der Waals surface area contributed by atoms with Crippen molar-refractivity contribution < 1.29 is 13.9 Å². The number of nitrogens with one attached hydrogen (secondary N) is 1. The number of para-hydroxylation sites is 2. The van der Waals surface area contributed by atoms with Crippen LogP contribution in [-0.2, 0) is 4.74 Å². The molecule has 0 aliphatic carbocycles. The Kier molecular flexibility index (Phi) is 4.55. The highest BCUT2D eigenvalue weighted by molar-refractivity contribution is 6.11. The number of nitrogens with zero attached hydrogens (tertiary/aromatic N) is 3. The smallest absolute Gasteiger partial charge is 0.257 e. The Hall–Kier alpha value is -3.52. The number of ether oxygens (including phenoxy) is 1. The fraction of sp³-hybridized carbons (Fsp3) is 0.227. The number of carbonyl (C=O) groups excluding carboxylic acids is 1. The molecule has 1 saturated heterocycles. The van der Waals surface area contributed by atoms with Gasteiger partial charge in [0.1, 0.15) is 22.7 Å². The van der Waals surface area contributed by atoms with E-state index in [9.17, 15) is 9.18 Å². The lowest BCUT2D eigenvalue weighted by Gasteiger charge is -2.11. The van der Waals surface area contributed by atoms with Crippen molar-refractivity contribution in [2.45, 2.75) is 18.9 Å². The summed E-state index contributed by atoms with van der Waals surface area (Å²) in [6.07, 6.45) is 1.89. The largest absolute Gasteiger partial charge is 0.384 e. The Labute approximate surface area is 171 Å². The first kappa shape index (κ1) is 18.5. The molecule has 5 rings (SSSR count). The number of halogens is 1. The van der Waals surface area contributed by atoms with Gasteiger partial charge in [-0.1, -0.05) is 18.2 Å². The van der Waals surface area contributed by atoms with Crippen LogP contribution in [0.3, 0.4) is 0 Å². The Morgan fingerprint density at radius 3 is 2.73 bits per heavy atom. The predicted molar refractivity (Wildman–Crippen MR) is 112 cm³/mol. The van der Waals surface area contributed by atoms with Crippen molar-refractivity contribution in [1.82, 2.24) is 19.9 Å². The summed E-state index contributed by atoms with van der Waals surface area (Å²) in [5.41, 5.74) is 9.20. The minimum Gasteiger partial charge on any atom is -0.384 e. The summed E-state index contributed by atoms with van der Waals surface area (Å²) in [6, 6.07) is 13.4. The number of aromatic nitrogens is 3. The molecular weight excluding hydrogens is 385 g/mol. The van der Waals surface area contributed by atoms with Crippen LogP contribution in [0, 0.1) is 5.82 Å². The summed E-state index contributed by atoms with van der Waals surface area (Å²) in [7, 11) is 0. The van der Waals surface area contributed by atoms with Crippen LogP contribution in [0.25, 0.3) is 27.9 Å². The lowest BCUT2D eigenvalue weighted by Crippen LogP contribution is -2.32. The predicted octanol–water partition coefficient (Wildman–Crippen LogP) is 3.20. The fourth-order valence-corrected chi connectivity index (χ4v) is 3.86. The van der Waals surface area contributed by atoms with Crippen molar-refractivity contribution in [1.29, 1.82) is 0 Å². The number of nitrogens with two attached hydrogens (primary N) is 1. The van der Waals surface area contributed by atoms with Gasteiger partial charge in [-0.15, -0.1) is 0 Å². The molecule has 2 aromatic carbocycles. The van der Waals surface area contributed by atoms with E-state index in [2.05, 4.69) is 15.3 Å². The van der Waals surface area contributed by atoms with Crippen LogP contribution in [0.1, 0.15) is 23.2 Å². The summed E-state index contributed by atoms with van der Waals surface area (Å²) in [5.74, 6) is -0.602. The SMILES string of the molecule is Nc1c(C(=O)NCC2CCCO2)c2nc3ccccc3nc2n1-c1cccc(F)c1. The Morgan fingerprint density at radius 2 is 2.00 bits per heavy atom. The van der Waals surface area contributed by atoms with Crippen molar-refractivity contribution in [3.8, 4) is 5.69 Å². The second-order valence-electron chi connectivity index (χ2n) is 7.31. The number of rotatable bonds is 4. The van der Waals surface area contributed by atoms with E-state index in [0.29, 0.717) is 41.0 Å². The van der Waals surface area contributed by atoms with Gasteiger partial charge in [-0.2, -0.15) is 0 Å².